The van der Waals surface area contributed by atoms with Gasteiger partial charge in [-0.2, -0.15) is 0 Å². The number of ketones is 1. The smallest absolute Gasteiger partial charge is 0.407 e. The van der Waals surface area contributed by atoms with Crippen LogP contribution in [0.15, 0.2) is 49.6 Å². The highest BCUT2D eigenvalue weighted by atomic mass is 16.5. The third kappa shape index (κ3) is 7.83. The second-order valence-electron chi connectivity index (χ2n) is 11.1. The lowest BCUT2D eigenvalue weighted by Gasteiger charge is -2.32. The largest absolute Gasteiger partial charge is 0.449 e. The van der Waals surface area contributed by atoms with Crippen LogP contribution in [0, 0.1) is 11.8 Å². The summed E-state index contributed by atoms with van der Waals surface area (Å²) in [4.78, 5) is 66.8. The van der Waals surface area contributed by atoms with Gasteiger partial charge in [0.15, 0.2) is 0 Å². The number of hydrogen-bond acceptors (Lipinski definition) is 6. The van der Waals surface area contributed by atoms with Crippen LogP contribution in [0.1, 0.15) is 49.7 Å². The molecule has 0 radical (unpaired) electrons. The van der Waals surface area contributed by atoms with Gasteiger partial charge in [-0.05, 0) is 74.3 Å². The van der Waals surface area contributed by atoms with Crippen LogP contribution < -0.4 is 16.0 Å². The number of rotatable bonds is 14. The summed E-state index contributed by atoms with van der Waals surface area (Å²) in [5.74, 6) is -2.23. The molecule has 0 bridgehead atoms. The minimum atomic E-state index is -1.06. The number of nitrogens with one attached hydrogen (secondary N) is 3. The fraction of sp³-hybridized carbons (Fsp3) is 0.516. The van der Waals surface area contributed by atoms with E-state index in [9.17, 15) is 24.0 Å². The summed E-state index contributed by atoms with van der Waals surface area (Å²) in [6, 6.07) is 5.22. The molecule has 3 atom stereocenters. The van der Waals surface area contributed by atoms with Crippen molar-refractivity contribution in [3.63, 3.8) is 0 Å². The van der Waals surface area contributed by atoms with Crippen LogP contribution in [-0.4, -0.2) is 72.3 Å². The summed E-state index contributed by atoms with van der Waals surface area (Å²) in [5.41, 5.74) is 2.27. The first-order valence-corrected chi connectivity index (χ1v) is 14.5. The number of fused-ring (bicyclic) bond motifs is 1. The average Bonchev–Trinajstić information content (AvgIpc) is 3.49. The Balaban J connectivity index is 1.47. The van der Waals surface area contributed by atoms with E-state index in [1.54, 1.807) is 6.08 Å². The Hall–Kier alpha value is -3.95. The molecule has 0 spiro atoms. The lowest BCUT2D eigenvalue weighted by atomic mass is 9.95. The summed E-state index contributed by atoms with van der Waals surface area (Å²) in [7, 11) is 0. The highest BCUT2D eigenvalue weighted by Crippen LogP contribution is 2.32. The van der Waals surface area contributed by atoms with Crippen LogP contribution in [0.2, 0.25) is 0 Å². The van der Waals surface area contributed by atoms with Crippen LogP contribution in [0.3, 0.4) is 0 Å². The molecule has 10 heteroatoms. The van der Waals surface area contributed by atoms with E-state index in [0.29, 0.717) is 51.2 Å². The molecule has 4 amide bonds. The van der Waals surface area contributed by atoms with Crippen LogP contribution in [0.5, 0.6) is 0 Å². The van der Waals surface area contributed by atoms with Crippen LogP contribution in [-0.2, 0) is 36.8 Å². The summed E-state index contributed by atoms with van der Waals surface area (Å²) in [5, 5.41) is 7.99. The van der Waals surface area contributed by atoms with Gasteiger partial charge in [-0.25, -0.2) is 4.79 Å². The Kier molecular flexibility index (Phi) is 10.3. The molecule has 3 N–H and O–H groups in total. The first kappa shape index (κ1) is 30.0. The number of Topliss-reactive ketones (excluding diaryl/α,β-unsaturated/α-hetero) is 1. The number of nitrogens with zero attached hydrogens (tertiary/aromatic N) is 1. The maximum Gasteiger partial charge on any atom is 0.407 e. The lowest BCUT2D eigenvalue weighted by Crippen LogP contribution is -2.58. The predicted octanol–water partition coefficient (Wildman–Crippen LogP) is 2.22. The van der Waals surface area contributed by atoms with Crippen molar-refractivity contribution in [2.24, 2.45) is 11.8 Å². The molecule has 220 valence electrons. The maximum absolute atomic E-state index is 14.0. The van der Waals surface area contributed by atoms with Gasteiger partial charge in [0.2, 0.25) is 17.6 Å². The number of hydrogen-bond donors (Lipinski definition) is 3. The highest BCUT2D eigenvalue weighted by Gasteiger charge is 2.43. The quantitative estimate of drug-likeness (QED) is 0.234. The molecule has 2 fully saturated rings. The summed E-state index contributed by atoms with van der Waals surface area (Å²) >= 11 is 0. The molecular formula is C31H40N4O6. The number of carbonyl (C=O) groups is 5. The van der Waals surface area contributed by atoms with Gasteiger partial charge in [-0.15, -0.1) is 13.2 Å². The zero-order chi connectivity index (χ0) is 29.4. The number of carbonyl (C=O) groups excluding carboxylic acids is 5. The van der Waals surface area contributed by atoms with Gasteiger partial charge in [0.05, 0.1) is 12.6 Å². The van der Waals surface area contributed by atoms with Crippen molar-refractivity contribution in [1.29, 1.82) is 0 Å². The van der Waals surface area contributed by atoms with E-state index >= 15 is 0 Å². The van der Waals surface area contributed by atoms with Gasteiger partial charge in [-0.1, -0.05) is 36.4 Å². The van der Waals surface area contributed by atoms with Crippen molar-refractivity contribution in [2.45, 2.75) is 69.5 Å². The molecule has 2 aliphatic carbocycles. The van der Waals surface area contributed by atoms with Crippen LogP contribution >= 0.6 is 0 Å². The van der Waals surface area contributed by atoms with E-state index in [0.717, 1.165) is 24.0 Å². The van der Waals surface area contributed by atoms with Crippen LogP contribution in [0.25, 0.3) is 0 Å². The monoisotopic (exact) mass is 564 g/mol. The van der Waals surface area contributed by atoms with Gasteiger partial charge in [0, 0.05) is 13.1 Å². The Bertz CT molecular complexity index is 1150. The van der Waals surface area contributed by atoms with Crippen LogP contribution in [0.4, 0.5) is 4.79 Å². The maximum atomic E-state index is 14.0. The molecule has 1 aromatic carbocycles. The number of ether oxygens (including phenoxy) is 1. The molecule has 4 rings (SSSR count). The van der Waals surface area contributed by atoms with Gasteiger partial charge in [0.1, 0.15) is 12.1 Å². The Morgan fingerprint density at radius 3 is 2.34 bits per heavy atom. The lowest BCUT2D eigenvalue weighted by molar-refractivity contribution is -0.143. The average molecular weight is 565 g/mol. The van der Waals surface area contributed by atoms with E-state index in [1.807, 2.05) is 24.3 Å². The first-order valence-electron chi connectivity index (χ1n) is 14.5. The number of benzene rings is 1. The molecule has 10 nitrogen and oxygen atoms in total. The molecule has 1 unspecified atom stereocenters. The summed E-state index contributed by atoms with van der Waals surface area (Å²) in [6.45, 7) is 7.98. The minimum Gasteiger partial charge on any atom is -0.449 e. The van der Waals surface area contributed by atoms with Gasteiger partial charge in [0.25, 0.3) is 5.91 Å². The molecule has 1 saturated heterocycles. The van der Waals surface area contributed by atoms with Crippen molar-refractivity contribution < 1.29 is 28.7 Å². The Morgan fingerprint density at radius 2 is 1.71 bits per heavy atom. The zero-order valence-electron chi connectivity index (χ0n) is 23.4. The molecular weight excluding hydrogens is 524 g/mol. The van der Waals surface area contributed by atoms with Crippen molar-refractivity contribution in [3.8, 4) is 0 Å². The fourth-order valence-corrected chi connectivity index (χ4v) is 5.57. The topological polar surface area (TPSA) is 134 Å². The van der Waals surface area contributed by atoms with Crippen molar-refractivity contribution in [3.05, 3.63) is 60.7 Å². The molecule has 1 saturated carbocycles. The number of amides is 4. The standard InChI is InChI=1S/C31H40N4O6/c1-3-5-11-24(27(36)29(38)32-15-4-2)33-28(37)25-12-8-16-35(25)30(39)26(34-31(40)41-19-20-13-14-20)23-17-21-9-6-7-10-22(21)18-23/h3-4,6-7,9-10,20,23-26H,1-2,5,8,11-19H2,(H,32,38)(H,33,37)(H,34,40)/t24?,25-,26-/m0/s1. The number of alkyl carbamates (subject to hydrolysis) is 1. The number of allylic oxidation sites excluding steroid dienone is 1. The predicted molar refractivity (Wildman–Crippen MR) is 153 cm³/mol. The summed E-state index contributed by atoms with van der Waals surface area (Å²) in [6.07, 6.45) is 7.36. The molecule has 3 aliphatic rings. The van der Waals surface area contributed by atoms with Crippen molar-refractivity contribution in [2.75, 3.05) is 19.7 Å². The second-order valence-corrected chi connectivity index (χ2v) is 11.1. The molecule has 1 aliphatic heterocycles. The molecule has 41 heavy (non-hydrogen) atoms. The van der Waals surface area contributed by atoms with Crippen molar-refractivity contribution in [1.82, 2.24) is 20.9 Å². The van der Waals surface area contributed by atoms with Crippen molar-refractivity contribution >= 4 is 29.6 Å². The Morgan fingerprint density at radius 1 is 1.00 bits per heavy atom. The summed E-state index contributed by atoms with van der Waals surface area (Å²) < 4.78 is 5.40. The van der Waals surface area contributed by atoms with Gasteiger partial charge >= 0.3 is 6.09 Å². The molecule has 0 aromatic heterocycles. The van der Waals surface area contributed by atoms with Gasteiger partial charge < -0.3 is 25.6 Å². The third-order valence-electron chi connectivity index (χ3n) is 8.00. The first-order chi connectivity index (χ1) is 19.8. The zero-order valence-corrected chi connectivity index (χ0v) is 23.4. The third-order valence-corrected chi connectivity index (χ3v) is 8.00. The van der Waals surface area contributed by atoms with E-state index < -0.39 is 41.8 Å². The minimum absolute atomic E-state index is 0.125. The van der Waals surface area contributed by atoms with E-state index in [4.69, 9.17) is 4.74 Å². The SMILES string of the molecule is C=CCCC(NC(=O)[C@@H]1CCCN1C(=O)[C@@H](NC(=O)OCC1CC1)C1Cc2ccccc2C1)C(=O)C(=O)NCC=C. The van der Waals surface area contributed by atoms with E-state index in [1.165, 1.54) is 11.0 Å². The van der Waals surface area contributed by atoms with E-state index in [-0.39, 0.29) is 24.8 Å². The van der Waals surface area contributed by atoms with E-state index in [2.05, 4.69) is 29.1 Å². The molecule has 1 heterocycles. The normalized spacial score (nSPS) is 19.4. The van der Waals surface area contributed by atoms with Gasteiger partial charge in [-0.3, -0.25) is 19.2 Å². The second kappa shape index (κ2) is 14.1. The number of likely N-dealkylation sites (tertiary alicyclic amines) is 1. The Labute approximate surface area is 240 Å². The highest BCUT2D eigenvalue weighted by molar-refractivity contribution is 6.38. The fourth-order valence-electron chi connectivity index (χ4n) is 5.57. The molecule has 1 aromatic rings.